The van der Waals surface area contributed by atoms with Gasteiger partial charge in [-0.15, -0.1) is 0 Å². The van der Waals surface area contributed by atoms with Gasteiger partial charge in [0.1, 0.15) is 0 Å². The minimum atomic E-state index is -0.792. The highest BCUT2D eigenvalue weighted by atomic mass is 16.4. The maximum absolute atomic E-state index is 12.8. The normalized spacial score (nSPS) is 18.0. The summed E-state index contributed by atoms with van der Waals surface area (Å²) in [4.78, 5) is 28.8. The van der Waals surface area contributed by atoms with E-state index in [9.17, 15) is 9.59 Å². The largest absolute Gasteiger partial charge is 0.481 e. The van der Waals surface area contributed by atoms with Crippen molar-refractivity contribution >= 4 is 22.8 Å². The van der Waals surface area contributed by atoms with E-state index in [4.69, 9.17) is 5.11 Å². The molecule has 2 aromatic rings. The standard InChI is InChI=1S/C19H24N2O3/c1-13-5-7-16-14(12-20-17(16)10-13)11-18(22)21-9-3-2-4-15(21)6-8-19(23)24/h5,7,10,12,15,20H,2-4,6,8-9,11H2,1H3,(H,23,24)/t15-/m1/s1. The van der Waals surface area contributed by atoms with E-state index in [0.29, 0.717) is 12.8 Å². The number of likely N-dealkylation sites (tertiary alicyclic amines) is 1. The topological polar surface area (TPSA) is 73.4 Å². The van der Waals surface area contributed by atoms with Crippen molar-refractivity contribution in [3.8, 4) is 0 Å². The number of carbonyl (C=O) groups excluding carboxylic acids is 1. The van der Waals surface area contributed by atoms with Crippen LogP contribution in [-0.4, -0.2) is 39.5 Å². The Morgan fingerprint density at radius 2 is 2.17 bits per heavy atom. The zero-order valence-electron chi connectivity index (χ0n) is 14.0. The second-order valence-corrected chi connectivity index (χ2v) is 6.71. The minimum absolute atomic E-state index is 0.0646. The van der Waals surface area contributed by atoms with Crippen LogP contribution in [0.2, 0.25) is 0 Å². The molecule has 5 nitrogen and oxygen atoms in total. The Bertz CT molecular complexity index is 750. The number of nitrogens with zero attached hydrogens (tertiary/aromatic N) is 1. The fourth-order valence-electron chi connectivity index (χ4n) is 3.63. The number of carbonyl (C=O) groups is 2. The second kappa shape index (κ2) is 7.07. The fraction of sp³-hybridized carbons (Fsp3) is 0.474. The monoisotopic (exact) mass is 328 g/mol. The lowest BCUT2D eigenvalue weighted by Gasteiger charge is -2.35. The number of benzene rings is 1. The van der Waals surface area contributed by atoms with Gasteiger partial charge in [0.15, 0.2) is 0 Å². The Hall–Kier alpha value is -2.30. The first-order valence-corrected chi connectivity index (χ1v) is 8.62. The van der Waals surface area contributed by atoms with Gasteiger partial charge in [-0.25, -0.2) is 0 Å². The lowest BCUT2D eigenvalue weighted by atomic mass is 9.97. The number of hydrogen-bond acceptors (Lipinski definition) is 2. The molecule has 1 saturated heterocycles. The third-order valence-corrected chi connectivity index (χ3v) is 4.90. The molecule has 128 valence electrons. The third-order valence-electron chi connectivity index (χ3n) is 4.90. The molecule has 0 spiro atoms. The molecule has 0 bridgehead atoms. The van der Waals surface area contributed by atoms with Gasteiger partial charge in [-0.05, 0) is 49.8 Å². The van der Waals surface area contributed by atoms with Gasteiger partial charge in [-0.1, -0.05) is 12.1 Å². The molecule has 0 saturated carbocycles. The first kappa shape index (κ1) is 16.6. The number of H-pyrrole nitrogens is 1. The summed E-state index contributed by atoms with van der Waals surface area (Å²) in [7, 11) is 0. The molecule has 0 aliphatic carbocycles. The molecule has 3 rings (SSSR count). The lowest BCUT2D eigenvalue weighted by Crippen LogP contribution is -2.44. The van der Waals surface area contributed by atoms with Gasteiger partial charge in [0.25, 0.3) is 0 Å². The van der Waals surface area contributed by atoms with Crippen molar-refractivity contribution < 1.29 is 14.7 Å². The predicted octanol–water partition coefficient (Wildman–Crippen LogP) is 3.26. The predicted molar refractivity (Wildman–Crippen MR) is 93.0 cm³/mol. The van der Waals surface area contributed by atoms with Gasteiger partial charge in [0.05, 0.1) is 6.42 Å². The maximum atomic E-state index is 12.8. The highest BCUT2D eigenvalue weighted by Crippen LogP contribution is 2.24. The number of aryl methyl sites for hydroxylation is 1. The molecular formula is C19H24N2O3. The van der Waals surface area contributed by atoms with Crippen LogP contribution in [0.5, 0.6) is 0 Å². The molecule has 1 aliphatic rings. The van der Waals surface area contributed by atoms with Crippen molar-refractivity contribution in [1.29, 1.82) is 0 Å². The van der Waals surface area contributed by atoms with Crippen LogP contribution in [0.25, 0.3) is 10.9 Å². The lowest BCUT2D eigenvalue weighted by molar-refractivity contribution is -0.139. The smallest absolute Gasteiger partial charge is 0.303 e. The number of carboxylic acid groups (broad SMARTS) is 1. The van der Waals surface area contributed by atoms with Crippen molar-refractivity contribution in [3.63, 3.8) is 0 Å². The minimum Gasteiger partial charge on any atom is -0.481 e. The van der Waals surface area contributed by atoms with E-state index in [2.05, 4.69) is 23.2 Å². The number of aliphatic carboxylic acids is 1. The summed E-state index contributed by atoms with van der Waals surface area (Å²) in [5.41, 5.74) is 3.25. The molecule has 1 aromatic heterocycles. The van der Waals surface area contributed by atoms with Crippen LogP contribution in [0.1, 0.15) is 43.2 Å². The summed E-state index contributed by atoms with van der Waals surface area (Å²) in [5.74, 6) is -0.688. The fourth-order valence-corrected chi connectivity index (χ4v) is 3.63. The van der Waals surface area contributed by atoms with E-state index in [-0.39, 0.29) is 18.4 Å². The first-order chi connectivity index (χ1) is 11.5. The number of nitrogens with one attached hydrogen (secondary N) is 1. The molecule has 1 aromatic carbocycles. The molecule has 2 N–H and O–H groups in total. The Balaban J connectivity index is 1.73. The van der Waals surface area contributed by atoms with Gasteiger partial charge in [-0.3, -0.25) is 9.59 Å². The van der Waals surface area contributed by atoms with E-state index < -0.39 is 5.97 Å². The molecule has 0 radical (unpaired) electrons. The molecule has 2 heterocycles. The van der Waals surface area contributed by atoms with E-state index in [0.717, 1.165) is 42.3 Å². The zero-order valence-corrected chi connectivity index (χ0v) is 14.0. The summed E-state index contributed by atoms with van der Waals surface area (Å²) in [5, 5.41) is 10.0. The molecule has 1 fully saturated rings. The summed E-state index contributed by atoms with van der Waals surface area (Å²) < 4.78 is 0. The number of aromatic amines is 1. The van der Waals surface area contributed by atoms with Gasteiger partial charge in [0, 0.05) is 36.1 Å². The Kier molecular flexibility index (Phi) is 4.88. The number of piperidine rings is 1. The average Bonchev–Trinajstić information content (AvgIpc) is 2.95. The van der Waals surface area contributed by atoms with Crippen LogP contribution in [0.4, 0.5) is 0 Å². The van der Waals surface area contributed by atoms with E-state index in [1.54, 1.807) is 0 Å². The highest BCUT2D eigenvalue weighted by molar-refractivity contribution is 5.89. The SMILES string of the molecule is Cc1ccc2c(CC(=O)N3CCCC[C@@H]3CCC(=O)O)c[nH]c2c1. The Morgan fingerprint density at radius 1 is 1.33 bits per heavy atom. The zero-order chi connectivity index (χ0) is 17.1. The first-order valence-electron chi connectivity index (χ1n) is 8.62. The number of carboxylic acids is 1. The van der Waals surface area contributed by atoms with Crippen molar-refractivity contribution in [2.75, 3.05) is 6.54 Å². The molecular weight excluding hydrogens is 304 g/mol. The van der Waals surface area contributed by atoms with Crippen molar-refractivity contribution in [1.82, 2.24) is 9.88 Å². The number of amides is 1. The van der Waals surface area contributed by atoms with Gasteiger partial charge in [0.2, 0.25) is 5.91 Å². The molecule has 1 amide bonds. The van der Waals surface area contributed by atoms with Crippen molar-refractivity contribution in [2.45, 2.75) is 51.5 Å². The summed E-state index contributed by atoms with van der Waals surface area (Å²) in [6.45, 7) is 2.79. The van der Waals surface area contributed by atoms with Crippen LogP contribution in [0, 0.1) is 6.92 Å². The van der Waals surface area contributed by atoms with E-state index >= 15 is 0 Å². The van der Waals surface area contributed by atoms with E-state index in [1.165, 1.54) is 5.56 Å². The Labute approximate surface area is 141 Å². The highest BCUT2D eigenvalue weighted by Gasteiger charge is 2.27. The quantitative estimate of drug-likeness (QED) is 0.885. The van der Waals surface area contributed by atoms with Crippen LogP contribution < -0.4 is 0 Å². The second-order valence-electron chi connectivity index (χ2n) is 6.71. The molecule has 0 unspecified atom stereocenters. The van der Waals surface area contributed by atoms with E-state index in [1.807, 2.05) is 18.0 Å². The van der Waals surface area contributed by atoms with Gasteiger partial charge < -0.3 is 15.0 Å². The third kappa shape index (κ3) is 3.61. The maximum Gasteiger partial charge on any atom is 0.303 e. The van der Waals surface area contributed by atoms with Crippen molar-refractivity contribution in [2.24, 2.45) is 0 Å². The molecule has 5 heteroatoms. The molecule has 24 heavy (non-hydrogen) atoms. The van der Waals surface area contributed by atoms with Crippen LogP contribution in [0.15, 0.2) is 24.4 Å². The van der Waals surface area contributed by atoms with Gasteiger partial charge in [-0.2, -0.15) is 0 Å². The number of aromatic nitrogens is 1. The number of hydrogen-bond donors (Lipinski definition) is 2. The average molecular weight is 328 g/mol. The van der Waals surface area contributed by atoms with Crippen molar-refractivity contribution in [3.05, 3.63) is 35.5 Å². The summed E-state index contributed by atoms with van der Waals surface area (Å²) >= 11 is 0. The van der Waals surface area contributed by atoms with Crippen LogP contribution >= 0.6 is 0 Å². The van der Waals surface area contributed by atoms with Gasteiger partial charge >= 0.3 is 5.97 Å². The Morgan fingerprint density at radius 3 is 2.96 bits per heavy atom. The number of fused-ring (bicyclic) bond motifs is 1. The van der Waals surface area contributed by atoms with Crippen LogP contribution in [0.3, 0.4) is 0 Å². The molecule has 1 atom stereocenters. The summed E-state index contributed by atoms with van der Waals surface area (Å²) in [6.07, 6.45) is 5.94. The summed E-state index contributed by atoms with van der Waals surface area (Å²) in [6, 6.07) is 6.26. The number of rotatable bonds is 5. The molecule has 1 aliphatic heterocycles. The van der Waals surface area contributed by atoms with Crippen LogP contribution in [-0.2, 0) is 16.0 Å².